The summed E-state index contributed by atoms with van der Waals surface area (Å²) in [5, 5.41) is 0. The number of unbranched alkanes of at least 4 members (excludes halogenated alkanes) is 1. The lowest BCUT2D eigenvalue weighted by atomic mass is 9.94. The molecule has 0 heterocycles. The van der Waals surface area contributed by atoms with E-state index < -0.39 is 6.04 Å². The van der Waals surface area contributed by atoms with Gasteiger partial charge in [0.2, 0.25) is 0 Å². The normalized spacial score (nSPS) is 13.1. The van der Waals surface area contributed by atoms with Crippen LogP contribution in [0.3, 0.4) is 0 Å². The van der Waals surface area contributed by atoms with Crippen LogP contribution in [0.4, 0.5) is 0 Å². The molecular weight excluding hydrogens is 274 g/mol. The zero-order valence-corrected chi connectivity index (χ0v) is 13.0. The molecule has 0 spiro atoms. The quantitative estimate of drug-likeness (QED) is 0.613. The number of nitrogens with one attached hydrogen (secondary N) is 1. The van der Waals surface area contributed by atoms with Crippen molar-refractivity contribution in [1.82, 2.24) is 4.84 Å². The summed E-state index contributed by atoms with van der Waals surface area (Å²) in [6.07, 6.45) is 4.72. The average Bonchev–Trinajstić information content (AvgIpc) is 2.48. The molecular formula is C16H22ClNO2. The molecule has 1 N–H and O–H groups in total. The minimum Gasteiger partial charge on any atom is -0.468 e. The second-order valence-electron chi connectivity index (χ2n) is 4.72. The maximum Gasteiger partial charge on any atom is 0.324 e. The van der Waals surface area contributed by atoms with Crippen LogP contribution in [0.5, 0.6) is 0 Å². The molecule has 0 amide bonds. The highest BCUT2D eigenvalue weighted by Gasteiger charge is 2.20. The Morgan fingerprint density at radius 1 is 1.45 bits per heavy atom. The summed E-state index contributed by atoms with van der Waals surface area (Å²) in [7, 11) is 1.37. The third kappa shape index (κ3) is 4.66. The molecule has 4 heteroatoms. The highest BCUT2D eigenvalue weighted by Crippen LogP contribution is 2.24. The molecule has 20 heavy (non-hydrogen) atoms. The van der Waals surface area contributed by atoms with Crippen LogP contribution in [0.25, 0.3) is 5.57 Å². The van der Waals surface area contributed by atoms with E-state index in [1.807, 2.05) is 12.1 Å². The molecule has 0 fully saturated rings. The lowest BCUT2D eigenvalue weighted by Crippen LogP contribution is -2.32. The first-order valence-corrected chi connectivity index (χ1v) is 7.20. The molecule has 1 atom stereocenters. The topological polar surface area (TPSA) is 38.3 Å². The van der Waals surface area contributed by atoms with Gasteiger partial charge >= 0.3 is 5.97 Å². The van der Waals surface area contributed by atoms with Gasteiger partial charge in [0, 0.05) is 0 Å². The fourth-order valence-electron chi connectivity index (χ4n) is 2.08. The van der Waals surface area contributed by atoms with Gasteiger partial charge in [0.1, 0.15) is 6.04 Å². The molecule has 0 saturated heterocycles. The first-order chi connectivity index (χ1) is 9.63. The van der Waals surface area contributed by atoms with Gasteiger partial charge in [0.25, 0.3) is 0 Å². The van der Waals surface area contributed by atoms with Crippen molar-refractivity contribution in [3.05, 3.63) is 41.5 Å². The average molecular weight is 296 g/mol. The third-order valence-corrected chi connectivity index (χ3v) is 3.48. The second kappa shape index (κ2) is 8.77. The Kier molecular flexibility index (Phi) is 7.34. The molecule has 1 aromatic rings. The molecule has 0 radical (unpaired) electrons. The Morgan fingerprint density at radius 2 is 2.15 bits per heavy atom. The van der Waals surface area contributed by atoms with Crippen LogP contribution in [0, 0.1) is 6.92 Å². The molecule has 0 unspecified atom stereocenters. The van der Waals surface area contributed by atoms with Crippen molar-refractivity contribution in [3.8, 4) is 0 Å². The fraction of sp³-hybridized carbons (Fsp3) is 0.438. The first-order valence-electron chi connectivity index (χ1n) is 6.83. The van der Waals surface area contributed by atoms with Crippen molar-refractivity contribution >= 4 is 23.3 Å². The number of hydrogen-bond acceptors (Lipinski definition) is 3. The van der Waals surface area contributed by atoms with Gasteiger partial charge in [-0.1, -0.05) is 43.7 Å². The van der Waals surface area contributed by atoms with Crippen molar-refractivity contribution in [2.24, 2.45) is 0 Å². The van der Waals surface area contributed by atoms with Crippen molar-refractivity contribution in [3.63, 3.8) is 0 Å². The monoisotopic (exact) mass is 295 g/mol. The molecule has 1 aromatic carbocycles. The number of halogens is 1. The summed E-state index contributed by atoms with van der Waals surface area (Å²) < 4.78 is 4.76. The summed E-state index contributed by atoms with van der Waals surface area (Å²) in [6.45, 7) is 4.19. The van der Waals surface area contributed by atoms with Crippen LogP contribution in [-0.2, 0) is 9.53 Å². The van der Waals surface area contributed by atoms with Crippen molar-refractivity contribution in [2.45, 2.75) is 39.2 Å². The number of ether oxygens (including phenoxy) is 1. The molecule has 0 aliphatic carbocycles. The number of esters is 1. The van der Waals surface area contributed by atoms with Crippen LogP contribution >= 0.6 is 11.8 Å². The fourth-order valence-corrected chi connectivity index (χ4v) is 2.25. The summed E-state index contributed by atoms with van der Waals surface area (Å²) in [4.78, 5) is 14.2. The Labute approximate surface area is 126 Å². The third-order valence-electron chi connectivity index (χ3n) is 3.21. The minimum atomic E-state index is -0.538. The molecule has 0 bridgehead atoms. The molecule has 0 saturated carbocycles. The van der Waals surface area contributed by atoms with E-state index >= 15 is 0 Å². The zero-order valence-electron chi connectivity index (χ0n) is 12.3. The van der Waals surface area contributed by atoms with E-state index in [1.54, 1.807) is 0 Å². The van der Waals surface area contributed by atoms with E-state index in [0.29, 0.717) is 6.42 Å². The standard InChI is InChI=1S/C16H22ClNO2/c1-4-5-9-13(11-15(18-17)16(19)20-3)14-10-7-6-8-12(14)2/h6-10,15,18H,4-5,11H2,1-3H3/b13-9-/t15-/m1/s1. The Hall–Kier alpha value is -1.32. The zero-order chi connectivity index (χ0) is 15.0. The van der Waals surface area contributed by atoms with Gasteiger partial charge in [0.15, 0.2) is 0 Å². The lowest BCUT2D eigenvalue weighted by Gasteiger charge is -2.16. The molecule has 0 aromatic heterocycles. The second-order valence-corrected chi connectivity index (χ2v) is 4.94. The van der Waals surface area contributed by atoms with E-state index in [0.717, 1.165) is 24.0 Å². The number of carbonyl (C=O) groups excluding carboxylic acids is 1. The molecule has 0 aliphatic heterocycles. The molecule has 1 rings (SSSR count). The summed E-state index contributed by atoms with van der Waals surface area (Å²) in [5.41, 5.74) is 3.46. The van der Waals surface area contributed by atoms with E-state index in [1.165, 1.54) is 12.7 Å². The van der Waals surface area contributed by atoms with Crippen LogP contribution in [0.1, 0.15) is 37.3 Å². The van der Waals surface area contributed by atoms with Crippen molar-refractivity contribution in [1.29, 1.82) is 0 Å². The van der Waals surface area contributed by atoms with Gasteiger partial charge in [-0.3, -0.25) is 4.79 Å². The van der Waals surface area contributed by atoms with E-state index in [-0.39, 0.29) is 5.97 Å². The maximum absolute atomic E-state index is 11.7. The SMILES string of the molecule is CCC/C=C(/C[C@@H](NCl)C(=O)OC)c1ccccc1C. The number of allylic oxidation sites excluding steroid dienone is 1. The summed E-state index contributed by atoms with van der Waals surface area (Å²) >= 11 is 5.67. The van der Waals surface area contributed by atoms with Gasteiger partial charge < -0.3 is 4.74 Å². The van der Waals surface area contributed by atoms with Gasteiger partial charge in [-0.15, -0.1) is 0 Å². The van der Waals surface area contributed by atoms with Crippen LogP contribution in [0.15, 0.2) is 30.3 Å². The van der Waals surface area contributed by atoms with E-state index in [4.69, 9.17) is 16.5 Å². The van der Waals surface area contributed by atoms with Gasteiger partial charge in [-0.25, -0.2) is 4.84 Å². The number of methoxy groups -OCH3 is 1. The molecule has 3 nitrogen and oxygen atoms in total. The predicted molar refractivity (Wildman–Crippen MR) is 83.5 cm³/mol. The minimum absolute atomic E-state index is 0.351. The smallest absolute Gasteiger partial charge is 0.324 e. The number of rotatable bonds is 7. The highest BCUT2D eigenvalue weighted by molar-refractivity contribution is 6.15. The first kappa shape index (κ1) is 16.7. The Bertz CT molecular complexity index is 471. The summed E-state index contributed by atoms with van der Waals surface area (Å²) in [5.74, 6) is -0.351. The van der Waals surface area contributed by atoms with E-state index in [2.05, 4.69) is 36.9 Å². The van der Waals surface area contributed by atoms with E-state index in [9.17, 15) is 4.79 Å². The maximum atomic E-state index is 11.7. The Morgan fingerprint density at radius 3 is 2.70 bits per heavy atom. The number of benzene rings is 1. The Balaban J connectivity index is 3.02. The predicted octanol–water partition coefficient (Wildman–Crippen LogP) is 3.85. The largest absolute Gasteiger partial charge is 0.468 e. The van der Waals surface area contributed by atoms with Crippen LogP contribution < -0.4 is 4.84 Å². The number of carbonyl (C=O) groups is 1. The molecule has 0 aliphatic rings. The lowest BCUT2D eigenvalue weighted by molar-refractivity contribution is -0.142. The van der Waals surface area contributed by atoms with Crippen LogP contribution in [-0.4, -0.2) is 19.1 Å². The highest BCUT2D eigenvalue weighted by atomic mass is 35.5. The van der Waals surface area contributed by atoms with Crippen molar-refractivity contribution < 1.29 is 9.53 Å². The van der Waals surface area contributed by atoms with Crippen LogP contribution in [0.2, 0.25) is 0 Å². The molecule has 110 valence electrons. The number of aryl methyl sites for hydroxylation is 1. The van der Waals surface area contributed by atoms with Crippen molar-refractivity contribution in [2.75, 3.05) is 7.11 Å². The summed E-state index contributed by atoms with van der Waals surface area (Å²) in [6, 6.07) is 7.61. The van der Waals surface area contributed by atoms with Gasteiger partial charge in [-0.05, 0) is 48.2 Å². The van der Waals surface area contributed by atoms with Gasteiger partial charge in [0.05, 0.1) is 7.11 Å². The number of hydrogen-bond donors (Lipinski definition) is 1. The van der Waals surface area contributed by atoms with Gasteiger partial charge in [-0.2, -0.15) is 0 Å².